The predicted octanol–water partition coefficient (Wildman–Crippen LogP) is 0.212. The molecule has 15 heavy (non-hydrogen) atoms. The van der Waals surface area contributed by atoms with Gasteiger partial charge in [-0.05, 0) is 0 Å². The van der Waals surface area contributed by atoms with Crippen LogP contribution in [0.25, 0.3) is 0 Å². The van der Waals surface area contributed by atoms with Crippen molar-refractivity contribution in [1.82, 2.24) is 14.1 Å². The lowest BCUT2D eigenvalue weighted by Gasteiger charge is -2.06. The molecule has 0 aliphatic heterocycles. The average molecular weight is 204 g/mol. The lowest BCUT2D eigenvalue weighted by atomic mass is 10.4. The molecule has 0 amide bonds. The molecule has 0 radical (unpaired) electrons. The summed E-state index contributed by atoms with van der Waals surface area (Å²) < 4.78 is 3.78. The van der Waals surface area contributed by atoms with Crippen molar-refractivity contribution in [2.75, 3.05) is 5.73 Å². The Hall–Kier alpha value is -2.04. The summed E-state index contributed by atoms with van der Waals surface area (Å²) in [5.74, 6) is 0. The monoisotopic (exact) mass is 204 g/mol. The fourth-order valence-corrected chi connectivity index (χ4v) is 1.37. The molecule has 2 heterocycles. The normalized spacial score (nSPS) is 10.5. The summed E-state index contributed by atoms with van der Waals surface area (Å²) in [7, 11) is 1.92. The van der Waals surface area contributed by atoms with Crippen molar-refractivity contribution >= 4 is 5.69 Å². The first-order valence-electron chi connectivity index (χ1n) is 4.57. The van der Waals surface area contributed by atoms with Crippen molar-refractivity contribution in [3.05, 3.63) is 46.9 Å². The Balaban J connectivity index is 2.29. The van der Waals surface area contributed by atoms with E-state index in [2.05, 4.69) is 4.98 Å². The van der Waals surface area contributed by atoms with Crippen molar-refractivity contribution < 1.29 is 0 Å². The molecule has 0 aliphatic rings. The van der Waals surface area contributed by atoms with E-state index in [1.54, 1.807) is 24.9 Å². The van der Waals surface area contributed by atoms with Crippen LogP contribution in [0.2, 0.25) is 0 Å². The maximum atomic E-state index is 11.1. The van der Waals surface area contributed by atoms with Gasteiger partial charge in [0.25, 0.3) is 0 Å². The van der Waals surface area contributed by atoms with Gasteiger partial charge in [-0.3, -0.25) is 4.79 Å². The second-order valence-electron chi connectivity index (χ2n) is 3.43. The van der Waals surface area contributed by atoms with E-state index in [1.165, 1.54) is 6.07 Å². The van der Waals surface area contributed by atoms with Gasteiger partial charge in [0.15, 0.2) is 0 Å². The standard InChI is InChI=1S/C10H12N4O/c1-13-7-12-4-8(13)5-14-3-2-10(15)9(11)6-14/h2-4,6-7H,5,11H2,1H3. The molecule has 5 heteroatoms. The lowest BCUT2D eigenvalue weighted by molar-refractivity contribution is 0.719. The van der Waals surface area contributed by atoms with Crippen LogP contribution in [-0.4, -0.2) is 14.1 Å². The highest BCUT2D eigenvalue weighted by atomic mass is 16.1. The second kappa shape index (κ2) is 3.61. The van der Waals surface area contributed by atoms with Crippen molar-refractivity contribution in [2.24, 2.45) is 7.05 Å². The third kappa shape index (κ3) is 1.90. The number of aryl methyl sites for hydroxylation is 1. The molecular formula is C10H12N4O. The molecule has 0 saturated carbocycles. The maximum absolute atomic E-state index is 11.1. The Kier molecular flexibility index (Phi) is 2.29. The second-order valence-corrected chi connectivity index (χ2v) is 3.43. The van der Waals surface area contributed by atoms with E-state index in [9.17, 15) is 4.79 Å². The van der Waals surface area contributed by atoms with Gasteiger partial charge in [-0.2, -0.15) is 0 Å². The number of aromatic nitrogens is 3. The van der Waals surface area contributed by atoms with Gasteiger partial charge in [-0.1, -0.05) is 0 Å². The van der Waals surface area contributed by atoms with Crippen LogP contribution in [0.3, 0.4) is 0 Å². The molecule has 0 bridgehead atoms. The molecule has 0 spiro atoms. The first kappa shape index (κ1) is 9.51. The van der Waals surface area contributed by atoms with E-state index in [0.717, 1.165) is 5.69 Å². The van der Waals surface area contributed by atoms with E-state index in [0.29, 0.717) is 6.54 Å². The van der Waals surface area contributed by atoms with Crippen molar-refractivity contribution in [3.63, 3.8) is 0 Å². The molecule has 2 N–H and O–H groups in total. The number of nitrogens with zero attached hydrogens (tertiary/aromatic N) is 3. The molecule has 0 aliphatic carbocycles. The lowest BCUT2D eigenvalue weighted by Crippen LogP contribution is -2.12. The van der Waals surface area contributed by atoms with Crippen molar-refractivity contribution in [3.8, 4) is 0 Å². The van der Waals surface area contributed by atoms with Crippen LogP contribution in [0, 0.1) is 0 Å². The van der Waals surface area contributed by atoms with Gasteiger partial charge in [-0.15, -0.1) is 0 Å². The zero-order chi connectivity index (χ0) is 10.8. The van der Waals surface area contributed by atoms with Crippen LogP contribution in [-0.2, 0) is 13.6 Å². The minimum Gasteiger partial charge on any atom is -0.394 e. The number of anilines is 1. The SMILES string of the molecule is Cn1cncc1Cn1ccc(=O)c(N)c1. The highest BCUT2D eigenvalue weighted by molar-refractivity contribution is 5.33. The van der Waals surface area contributed by atoms with Crippen LogP contribution in [0.15, 0.2) is 35.8 Å². The number of nitrogens with two attached hydrogens (primary N) is 1. The number of pyridine rings is 1. The molecule has 0 unspecified atom stereocenters. The van der Waals surface area contributed by atoms with Gasteiger partial charge in [-0.25, -0.2) is 4.98 Å². The molecule has 0 atom stereocenters. The number of hydrogen-bond acceptors (Lipinski definition) is 3. The molecule has 5 nitrogen and oxygen atoms in total. The molecule has 0 saturated heterocycles. The Morgan fingerprint density at radius 1 is 1.53 bits per heavy atom. The summed E-state index contributed by atoms with van der Waals surface area (Å²) in [6.07, 6.45) is 6.87. The number of rotatable bonds is 2. The smallest absolute Gasteiger partial charge is 0.204 e. The zero-order valence-corrected chi connectivity index (χ0v) is 8.42. The fourth-order valence-electron chi connectivity index (χ4n) is 1.37. The third-order valence-corrected chi connectivity index (χ3v) is 2.27. The van der Waals surface area contributed by atoms with Gasteiger partial charge in [0.2, 0.25) is 5.43 Å². The minimum atomic E-state index is -0.142. The Morgan fingerprint density at radius 3 is 2.93 bits per heavy atom. The molecular weight excluding hydrogens is 192 g/mol. The van der Waals surface area contributed by atoms with Gasteiger partial charge in [0, 0.05) is 31.7 Å². The Morgan fingerprint density at radius 2 is 2.33 bits per heavy atom. The highest BCUT2D eigenvalue weighted by Crippen LogP contribution is 2.01. The van der Waals surface area contributed by atoms with Crippen molar-refractivity contribution in [1.29, 1.82) is 0 Å². The Bertz CT molecular complexity index is 526. The molecule has 0 fully saturated rings. The maximum Gasteiger partial charge on any atom is 0.204 e. The van der Waals surface area contributed by atoms with Crippen LogP contribution < -0.4 is 11.2 Å². The number of imidazole rings is 1. The van der Waals surface area contributed by atoms with Gasteiger partial charge in [0.1, 0.15) is 0 Å². The van der Waals surface area contributed by atoms with E-state index in [1.807, 2.05) is 16.2 Å². The first-order chi connectivity index (χ1) is 7.16. The molecule has 2 aromatic heterocycles. The topological polar surface area (TPSA) is 65.8 Å². The fraction of sp³-hybridized carbons (Fsp3) is 0.200. The van der Waals surface area contributed by atoms with Gasteiger partial charge >= 0.3 is 0 Å². The van der Waals surface area contributed by atoms with Crippen LogP contribution in [0.5, 0.6) is 0 Å². The molecule has 2 rings (SSSR count). The minimum absolute atomic E-state index is 0.142. The van der Waals surface area contributed by atoms with E-state index < -0.39 is 0 Å². The number of nitrogen functional groups attached to an aromatic ring is 1. The van der Waals surface area contributed by atoms with Gasteiger partial charge in [0.05, 0.1) is 24.3 Å². The summed E-state index contributed by atoms with van der Waals surface area (Å²) in [6, 6.07) is 1.46. The van der Waals surface area contributed by atoms with E-state index in [4.69, 9.17) is 5.73 Å². The van der Waals surface area contributed by atoms with Gasteiger partial charge < -0.3 is 14.9 Å². The highest BCUT2D eigenvalue weighted by Gasteiger charge is 2.00. The predicted molar refractivity (Wildman–Crippen MR) is 57.4 cm³/mol. The molecule has 78 valence electrons. The summed E-state index contributed by atoms with van der Waals surface area (Å²) in [5, 5.41) is 0. The summed E-state index contributed by atoms with van der Waals surface area (Å²) >= 11 is 0. The molecule has 2 aromatic rings. The average Bonchev–Trinajstić information content (AvgIpc) is 2.59. The quantitative estimate of drug-likeness (QED) is 0.760. The van der Waals surface area contributed by atoms with E-state index in [-0.39, 0.29) is 11.1 Å². The summed E-state index contributed by atoms with van der Waals surface area (Å²) in [4.78, 5) is 15.1. The number of hydrogen-bond donors (Lipinski definition) is 1. The molecule has 0 aromatic carbocycles. The first-order valence-corrected chi connectivity index (χ1v) is 4.57. The largest absolute Gasteiger partial charge is 0.394 e. The summed E-state index contributed by atoms with van der Waals surface area (Å²) in [5.41, 5.74) is 6.71. The van der Waals surface area contributed by atoms with Crippen molar-refractivity contribution in [2.45, 2.75) is 6.54 Å². The Labute approximate surface area is 86.8 Å². The summed E-state index contributed by atoms with van der Waals surface area (Å²) in [6.45, 7) is 0.654. The third-order valence-electron chi connectivity index (χ3n) is 2.27. The van der Waals surface area contributed by atoms with Crippen LogP contribution in [0.1, 0.15) is 5.69 Å². The van der Waals surface area contributed by atoms with E-state index >= 15 is 0 Å². The van der Waals surface area contributed by atoms with Crippen LogP contribution >= 0.6 is 0 Å². The van der Waals surface area contributed by atoms with Crippen LogP contribution in [0.4, 0.5) is 5.69 Å². The zero-order valence-electron chi connectivity index (χ0n) is 8.42.